The number of rotatable bonds is 8. The summed E-state index contributed by atoms with van der Waals surface area (Å²) in [7, 11) is 1.62. The summed E-state index contributed by atoms with van der Waals surface area (Å²) < 4.78 is 5.24. The van der Waals surface area contributed by atoms with Gasteiger partial charge in [-0.1, -0.05) is 13.3 Å². The number of amides is 1. The third-order valence-corrected chi connectivity index (χ3v) is 5.69. The number of H-pyrrole nitrogens is 1. The van der Waals surface area contributed by atoms with Crippen LogP contribution in [0.3, 0.4) is 0 Å². The molecule has 1 aliphatic rings. The second kappa shape index (κ2) is 9.73. The van der Waals surface area contributed by atoms with Crippen LogP contribution >= 0.6 is 0 Å². The Hall–Kier alpha value is -2.34. The summed E-state index contributed by atoms with van der Waals surface area (Å²) in [4.78, 5) is 29.9. The van der Waals surface area contributed by atoms with Crippen LogP contribution in [0.15, 0.2) is 29.1 Å². The van der Waals surface area contributed by atoms with Gasteiger partial charge in [-0.15, -0.1) is 0 Å². The van der Waals surface area contributed by atoms with Crippen molar-refractivity contribution in [1.82, 2.24) is 15.2 Å². The first kappa shape index (κ1) is 20.4. The van der Waals surface area contributed by atoms with Gasteiger partial charge >= 0.3 is 0 Å². The number of likely N-dealkylation sites (tertiary alicyclic amines) is 1. The summed E-state index contributed by atoms with van der Waals surface area (Å²) in [5, 5.41) is 3.91. The number of pyridine rings is 1. The van der Waals surface area contributed by atoms with Crippen LogP contribution in [-0.2, 0) is 11.2 Å². The summed E-state index contributed by atoms with van der Waals surface area (Å²) in [5.74, 6) is 0.738. The third kappa shape index (κ3) is 5.13. The van der Waals surface area contributed by atoms with Crippen molar-refractivity contribution in [3.8, 4) is 5.75 Å². The lowest BCUT2D eigenvalue weighted by Gasteiger charge is -2.35. The summed E-state index contributed by atoms with van der Waals surface area (Å²) in [6.45, 7) is 4.93. The molecule has 3 rings (SSSR count). The standard InChI is InChI=1S/C22H31N3O3/c1-3-18-6-4-5-12-25(18)13-11-23-21(26)10-7-16-14-17-15-19(28-2)8-9-20(17)24-22(16)27/h8-9,14-15,18H,3-7,10-13H2,1-2H3,(H,23,26)(H,24,27)/t18-/m0/s1. The number of fused-ring (bicyclic) bond motifs is 1. The SMILES string of the molecule is CC[C@H]1CCCCN1CCNC(=O)CCc1cc2cc(OC)ccc2[nH]c1=O. The molecule has 0 aliphatic carbocycles. The summed E-state index contributed by atoms with van der Waals surface area (Å²) in [5.41, 5.74) is 1.26. The van der Waals surface area contributed by atoms with E-state index in [2.05, 4.69) is 22.1 Å². The van der Waals surface area contributed by atoms with E-state index in [1.165, 1.54) is 25.7 Å². The van der Waals surface area contributed by atoms with E-state index in [4.69, 9.17) is 4.74 Å². The smallest absolute Gasteiger partial charge is 0.251 e. The molecule has 0 bridgehead atoms. The molecule has 152 valence electrons. The highest BCUT2D eigenvalue weighted by molar-refractivity contribution is 5.81. The number of carbonyl (C=O) groups excluding carboxylic acids is 1. The minimum atomic E-state index is -0.135. The number of ether oxygens (including phenoxy) is 1. The lowest BCUT2D eigenvalue weighted by Crippen LogP contribution is -2.43. The first-order valence-corrected chi connectivity index (χ1v) is 10.3. The second-order valence-corrected chi connectivity index (χ2v) is 7.52. The molecule has 28 heavy (non-hydrogen) atoms. The van der Waals surface area contributed by atoms with Gasteiger partial charge < -0.3 is 15.0 Å². The predicted octanol–water partition coefficient (Wildman–Crippen LogP) is 2.85. The predicted molar refractivity (Wildman–Crippen MR) is 112 cm³/mol. The zero-order valence-corrected chi connectivity index (χ0v) is 16.9. The molecule has 0 spiro atoms. The first-order valence-electron chi connectivity index (χ1n) is 10.3. The highest BCUT2D eigenvalue weighted by Crippen LogP contribution is 2.20. The first-order chi connectivity index (χ1) is 13.6. The van der Waals surface area contributed by atoms with E-state index >= 15 is 0 Å². The summed E-state index contributed by atoms with van der Waals surface area (Å²) >= 11 is 0. The molecule has 0 saturated carbocycles. The summed E-state index contributed by atoms with van der Waals surface area (Å²) in [6, 6.07) is 8.03. The van der Waals surface area contributed by atoms with Gasteiger partial charge in [0.05, 0.1) is 7.11 Å². The Balaban J connectivity index is 1.51. The fraction of sp³-hybridized carbons (Fsp3) is 0.545. The van der Waals surface area contributed by atoms with E-state index in [0.29, 0.717) is 31.0 Å². The Morgan fingerprint density at radius 3 is 2.96 bits per heavy atom. The Morgan fingerprint density at radius 1 is 1.32 bits per heavy atom. The lowest BCUT2D eigenvalue weighted by molar-refractivity contribution is -0.121. The minimum Gasteiger partial charge on any atom is -0.497 e. The molecule has 1 aromatic carbocycles. The number of benzene rings is 1. The van der Waals surface area contributed by atoms with Gasteiger partial charge in [-0.25, -0.2) is 0 Å². The quantitative estimate of drug-likeness (QED) is 0.733. The van der Waals surface area contributed by atoms with E-state index in [-0.39, 0.29) is 11.5 Å². The fourth-order valence-corrected chi connectivity index (χ4v) is 4.03. The Labute approximate surface area is 166 Å². The molecule has 0 radical (unpaired) electrons. The van der Waals surface area contributed by atoms with E-state index in [1.54, 1.807) is 7.11 Å². The fourth-order valence-electron chi connectivity index (χ4n) is 4.03. The highest BCUT2D eigenvalue weighted by atomic mass is 16.5. The Bertz CT molecular complexity index is 862. The van der Waals surface area contributed by atoms with Crippen molar-refractivity contribution >= 4 is 16.8 Å². The number of aromatic amines is 1. The molecule has 2 N–H and O–H groups in total. The zero-order chi connectivity index (χ0) is 19.9. The van der Waals surface area contributed by atoms with Gasteiger partial charge in [0.2, 0.25) is 5.91 Å². The van der Waals surface area contributed by atoms with Crippen molar-refractivity contribution in [3.63, 3.8) is 0 Å². The molecule has 1 atom stereocenters. The van der Waals surface area contributed by atoms with Crippen LogP contribution in [0, 0.1) is 0 Å². The maximum absolute atomic E-state index is 12.3. The Morgan fingerprint density at radius 2 is 2.18 bits per heavy atom. The van der Waals surface area contributed by atoms with Gasteiger partial charge in [0, 0.05) is 42.0 Å². The van der Waals surface area contributed by atoms with Gasteiger partial charge in [-0.2, -0.15) is 0 Å². The number of piperidine rings is 1. The van der Waals surface area contributed by atoms with Gasteiger partial charge in [0.25, 0.3) is 5.56 Å². The van der Waals surface area contributed by atoms with E-state index in [9.17, 15) is 9.59 Å². The number of nitrogens with zero attached hydrogens (tertiary/aromatic N) is 1. The molecule has 1 fully saturated rings. The molecule has 6 heteroatoms. The molecule has 0 unspecified atom stereocenters. The highest BCUT2D eigenvalue weighted by Gasteiger charge is 2.20. The van der Waals surface area contributed by atoms with Gasteiger partial charge in [-0.3, -0.25) is 14.5 Å². The number of hydrogen-bond donors (Lipinski definition) is 2. The molecule has 1 aromatic heterocycles. The van der Waals surface area contributed by atoms with Crippen LogP contribution in [0.1, 0.15) is 44.6 Å². The lowest BCUT2D eigenvalue weighted by atomic mass is 10.0. The average molecular weight is 386 g/mol. The molecule has 2 heterocycles. The van der Waals surface area contributed by atoms with Crippen LogP contribution in [0.25, 0.3) is 10.9 Å². The van der Waals surface area contributed by atoms with Crippen molar-refractivity contribution in [3.05, 3.63) is 40.2 Å². The number of aryl methyl sites for hydroxylation is 1. The van der Waals surface area contributed by atoms with Crippen molar-refractivity contribution in [2.45, 2.75) is 51.5 Å². The number of aromatic nitrogens is 1. The van der Waals surface area contributed by atoms with Crippen molar-refractivity contribution in [1.29, 1.82) is 0 Å². The van der Waals surface area contributed by atoms with Gasteiger partial charge in [-0.05, 0) is 56.5 Å². The average Bonchev–Trinajstić information content (AvgIpc) is 2.72. The maximum atomic E-state index is 12.3. The van der Waals surface area contributed by atoms with Crippen molar-refractivity contribution < 1.29 is 9.53 Å². The van der Waals surface area contributed by atoms with Gasteiger partial charge in [0.15, 0.2) is 0 Å². The van der Waals surface area contributed by atoms with E-state index in [0.717, 1.165) is 29.7 Å². The molecule has 1 aliphatic heterocycles. The topological polar surface area (TPSA) is 74.4 Å². The van der Waals surface area contributed by atoms with Crippen molar-refractivity contribution in [2.24, 2.45) is 0 Å². The largest absolute Gasteiger partial charge is 0.497 e. The molecule has 1 saturated heterocycles. The molecular weight excluding hydrogens is 354 g/mol. The number of carbonyl (C=O) groups is 1. The van der Waals surface area contributed by atoms with Crippen LogP contribution in [0.5, 0.6) is 5.75 Å². The normalized spacial score (nSPS) is 17.6. The summed E-state index contributed by atoms with van der Waals surface area (Å²) in [6.07, 6.45) is 5.74. The van der Waals surface area contributed by atoms with Crippen molar-refractivity contribution in [2.75, 3.05) is 26.7 Å². The van der Waals surface area contributed by atoms with E-state index < -0.39 is 0 Å². The van der Waals surface area contributed by atoms with Gasteiger partial charge in [0.1, 0.15) is 5.75 Å². The van der Waals surface area contributed by atoms with Crippen LogP contribution in [0.2, 0.25) is 0 Å². The molecule has 2 aromatic rings. The molecular formula is C22H31N3O3. The van der Waals surface area contributed by atoms with Crippen LogP contribution < -0.4 is 15.6 Å². The number of methoxy groups -OCH3 is 1. The number of nitrogens with one attached hydrogen (secondary N) is 2. The number of hydrogen-bond acceptors (Lipinski definition) is 4. The van der Waals surface area contributed by atoms with E-state index in [1.807, 2.05) is 24.3 Å². The third-order valence-electron chi connectivity index (χ3n) is 5.69. The maximum Gasteiger partial charge on any atom is 0.251 e. The monoisotopic (exact) mass is 385 g/mol. The zero-order valence-electron chi connectivity index (χ0n) is 16.9. The molecule has 1 amide bonds. The second-order valence-electron chi connectivity index (χ2n) is 7.52. The Kier molecular flexibility index (Phi) is 7.09. The molecule has 6 nitrogen and oxygen atoms in total. The minimum absolute atomic E-state index is 0.00445. The van der Waals surface area contributed by atoms with Crippen LogP contribution in [-0.4, -0.2) is 48.6 Å². The van der Waals surface area contributed by atoms with Crippen LogP contribution in [0.4, 0.5) is 0 Å².